The van der Waals surface area contributed by atoms with Crippen LogP contribution in [0.15, 0.2) is 11.6 Å². The van der Waals surface area contributed by atoms with Crippen molar-refractivity contribution in [3.63, 3.8) is 0 Å². The Morgan fingerprint density at radius 1 is 1.07 bits per heavy atom. The first-order valence-corrected chi connectivity index (χ1v) is 4.38. The average molecular weight is 239 g/mol. The second-order valence-electron chi connectivity index (χ2n) is 3.05. The van der Waals surface area contributed by atoms with E-state index in [0.717, 1.165) is 6.92 Å². The molecular formula is C10H7ClF4. The summed E-state index contributed by atoms with van der Waals surface area (Å²) < 4.78 is 52.4. The minimum absolute atomic E-state index is 0.101. The van der Waals surface area contributed by atoms with Gasteiger partial charge >= 0.3 is 0 Å². The summed E-state index contributed by atoms with van der Waals surface area (Å²) in [7, 11) is 0. The Bertz CT molecular complexity index is 397. The zero-order valence-corrected chi connectivity index (χ0v) is 8.56. The normalized spacial score (nSPS) is 10.5. The van der Waals surface area contributed by atoms with Crippen LogP contribution in [0.3, 0.4) is 0 Å². The van der Waals surface area contributed by atoms with Crippen molar-refractivity contribution in [1.29, 1.82) is 0 Å². The van der Waals surface area contributed by atoms with Crippen LogP contribution in [-0.4, -0.2) is 0 Å². The van der Waals surface area contributed by atoms with Gasteiger partial charge in [0.05, 0.1) is 0 Å². The molecule has 15 heavy (non-hydrogen) atoms. The lowest BCUT2D eigenvalue weighted by molar-refractivity contribution is 0.433. The van der Waals surface area contributed by atoms with Gasteiger partial charge in [-0.15, -0.1) is 0 Å². The standard InChI is InChI=1S/C10H7ClF4/c1-4(11)3-6-9(14)7(12)5(2)8(13)10(6)15/h1,3H2,2H3. The monoisotopic (exact) mass is 238 g/mol. The minimum Gasteiger partial charge on any atom is -0.203 e. The highest BCUT2D eigenvalue weighted by Crippen LogP contribution is 2.25. The minimum atomic E-state index is -1.42. The zero-order valence-electron chi connectivity index (χ0n) is 7.80. The molecule has 0 bridgehead atoms. The van der Waals surface area contributed by atoms with Crippen molar-refractivity contribution in [1.82, 2.24) is 0 Å². The van der Waals surface area contributed by atoms with Gasteiger partial charge in [0, 0.05) is 22.6 Å². The summed E-state index contributed by atoms with van der Waals surface area (Å²) in [5, 5.41) is -0.101. The van der Waals surface area contributed by atoms with Crippen molar-refractivity contribution >= 4 is 11.6 Å². The number of hydrogen-bond donors (Lipinski definition) is 0. The third kappa shape index (κ3) is 2.15. The lowest BCUT2D eigenvalue weighted by atomic mass is 10.1. The van der Waals surface area contributed by atoms with E-state index in [0.29, 0.717) is 0 Å². The van der Waals surface area contributed by atoms with Crippen molar-refractivity contribution in [3.8, 4) is 0 Å². The van der Waals surface area contributed by atoms with E-state index in [9.17, 15) is 17.6 Å². The van der Waals surface area contributed by atoms with Crippen molar-refractivity contribution in [3.05, 3.63) is 46.0 Å². The Kier molecular flexibility index (Phi) is 3.39. The van der Waals surface area contributed by atoms with Gasteiger partial charge in [0.25, 0.3) is 0 Å². The molecule has 0 saturated carbocycles. The Hall–Kier alpha value is -1.03. The fourth-order valence-electron chi connectivity index (χ4n) is 1.13. The Morgan fingerprint density at radius 3 is 1.80 bits per heavy atom. The number of rotatable bonds is 2. The second kappa shape index (κ2) is 4.23. The maximum Gasteiger partial charge on any atom is 0.165 e. The molecule has 0 nitrogen and oxygen atoms in total. The van der Waals surface area contributed by atoms with Crippen molar-refractivity contribution in [2.24, 2.45) is 0 Å². The molecule has 1 aromatic carbocycles. The first-order valence-electron chi connectivity index (χ1n) is 4.01. The van der Waals surface area contributed by atoms with Crippen molar-refractivity contribution in [2.45, 2.75) is 13.3 Å². The van der Waals surface area contributed by atoms with Crippen LogP contribution in [0.2, 0.25) is 0 Å². The highest BCUT2D eigenvalue weighted by Gasteiger charge is 2.22. The number of halogens is 5. The van der Waals surface area contributed by atoms with Crippen LogP contribution in [-0.2, 0) is 6.42 Å². The van der Waals surface area contributed by atoms with Gasteiger partial charge < -0.3 is 0 Å². The van der Waals surface area contributed by atoms with Gasteiger partial charge in [0.1, 0.15) is 0 Å². The molecule has 0 aromatic heterocycles. The van der Waals surface area contributed by atoms with E-state index in [1.165, 1.54) is 0 Å². The Morgan fingerprint density at radius 2 is 1.47 bits per heavy atom. The molecule has 0 atom stereocenters. The quantitative estimate of drug-likeness (QED) is 0.542. The molecule has 0 fully saturated rings. The lowest BCUT2D eigenvalue weighted by Crippen LogP contribution is -2.06. The number of benzene rings is 1. The van der Waals surface area contributed by atoms with Crippen LogP contribution >= 0.6 is 11.6 Å². The van der Waals surface area contributed by atoms with E-state index in [1.54, 1.807) is 0 Å². The molecule has 0 spiro atoms. The second-order valence-corrected chi connectivity index (χ2v) is 3.59. The molecule has 0 aliphatic rings. The summed E-state index contributed by atoms with van der Waals surface area (Å²) in [5.74, 6) is -5.65. The fourth-order valence-corrected chi connectivity index (χ4v) is 1.27. The molecule has 0 heterocycles. The van der Waals surface area contributed by atoms with E-state index in [2.05, 4.69) is 6.58 Å². The van der Waals surface area contributed by atoms with Crippen LogP contribution in [0, 0.1) is 30.2 Å². The molecule has 0 amide bonds. The van der Waals surface area contributed by atoms with E-state index < -0.39 is 40.8 Å². The summed E-state index contributed by atoms with van der Waals surface area (Å²) in [4.78, 5) is 0. The molecule has 82 valence electrons. The summed E-state index contributed by atoms with van der Waals surface area (Å²) in [5.41, 5.74) is -1.43. The third-order valence-electron chi connectivity index (χ3n) is 1.94. The van der Waals surface area contributed by atoms with Crippen LogP contribution in [0.4, 0.5) is 17.6 Å². The van der Waals surface area contributed by atoms with Crippen LogP contribution < -0.4 is 0 Å². The molecule has 1 aromatic rings. The smallest absolute Gasteiger partial charge is 0.165 e. The summed E-state index contributed by atoms with van der Waals surface area (Å²) in [6.45, 7) is 4.16. The lowest BCUT2D eigenvalue weighted by Gasteiger charge is -2.08. The summed E-state index contributed by atoms with van der Waals surface area (Å²) >= 11 is 5.33. The van der Waals surface area contributed by atoms with E-state index in [-0.39, 0.29) is 5.03 Å². The maximum absolute atomic E-state index is 13.2. The zero-order chi connectivity index (χ0) is 11.7. The Labute approximate surface area is 89.2 Å². The van der Waals surface area contributed by atoms with Gasteiger partial charge in [-0.2, -0.15) is 0 Å². The van der Waals surface area contributed by atoms with E-state index in [1.807, 2.05) is 0 Å². The largest absolute Gasteiger partial charge is 0.203 e. The first-order chi connectivity index (χ1) is 6.86. The van der Waals surface area contributed by atoms with Crippen molar-refractivity contribution in [2.75, 3.05) is 0 Å². The predicted molar refractivity (Wildman–Crippen MR) is 49.7 cm³/mol. The third-order valence-corrected chi connectivity index (χ3v) is 2.08. The predicted octanol–water partition coefficient (Wildman–Crippen LogP) is 3.85. The molecule has 0 radical (unpaired) electrons. The van der Waals surface area contributed by atoms with Crippen LogP contribution in [0.25, 0.3) is 0 Å². The van der Waals surface area contributed by atoms with Gasteiger partial charge in [-0.25, -0.2) is 17.6 Å². The van der Waals surface area contributed by atoms with Gasteiger partial charge in [-0.3, -0.25) is 0 Å². The average Bonchev–Trinajstić information content (AvgIpc) is 2.18. The van der Waals surface area contributed by atoms with Gasteiger partial charge in [0.2, 0.25) is 0 Å². The van der Waals surface area contributed by atoms with E-state index in [4.69, 9.17) is 11.6 Å². The molecule has 0 N–H and O–H groups in total. The number of hydrogen-bond acceptors (Lipinski definition) is 0. The summed E-state index contributed by atoms with van der Waals surface area (Å²) in [6.07, 6.45) is -0.451. The van der Waals surface area contributed by atoms with Crippen molar-refractivity contribution < 1.29 is 17.6 Å². The SMILES string of the molecule is C=C(Cl)Cc1c(F)c(F)c(C)c(F)c1F. The van der Waals surface area contributed by atoms with Gasteiger partial charge in [-0.1, -0.05) is 18.2 Å². The molecule has 0 aliphatic carbocycles. The first kappa shape index (κ1) is 12.0. The summed E-state index contributed by atoms with van der Waals surface area (Å²) in [6, 6.07) is 0. The topological polar surface area (TPSA) is 0 Å². The number of allylic oxidation sites excluding steroid dienone is 1. The highest BCUT2D eigenvalue weighted by atomic mass is 35.5. The van der Waals surface area contributed by atoms with Gasteiger partial charge in [-0.05, 0) is 6.92 Å². The fraction of sp³-hybridized carbons (Fsp3) is 0.200. The molecule has 1 rings (SSSR count). The van der Waals surface area contributed by atoms with Gasteiger partial charge in [0.15, 0.2) is 23.3 Å². The van der Waals surface area contributed by atoms with Crippen LogP contribution in [0.1, 0.15) is 11.1 Å². The molecule has 0 unspecified atom stereocenters. The highest BCUT2D eigenvalue weighted by molar-refractivity contribution is 6.29. The molecule has 5 heteroatoms. The van der Waals surface area contributed by atoms with E-state index >= 15 is 0 Å². The molecule has 0 aliphatic heterocycles. The molecule has 0 saturated heterocycles. The van der Waals surface area contributed by atoms with Crippen LogP contribution in [0.5, 0.6) is 0 Å². The molecular weight excluding hydrogens is 232 g/mol. The maximum atomic E-state index is 13.2. The Balaban J connectivity index is 3.45.